The molecule has 0 aliphatic carbocycles. The second-order valence-corrected chi connectivity index (χ2v) is 5.52. The molecule has 0 aliphatic rings. The molecule has 94 valence electrons. The first-order valence-corrected chi connectivity index (χ1v) is 6.79. The van der Waals surface area contributed by atoms with Gasteiger partial charge in [-0.05, 0) is 39.5 Å². The smallest absolute Gasteiger partial charge is 0.213 e. The zero-order valence-corrected chi connectivity index (χ0v) is 12.0. The van der Waals surface area contributed by atoms with Crippen LogP contribution in [-0.2, 0) is 6.54 Å². The molecule has 0 unspecified atom stereocenters. The van der Waals surface area contributed by atoms with Crippen molar-refractivity contribution < 1.29 is 0 Å². The number of aromatic amines is 1. The van der Waals surface area contributed by atoms with E-state index in [0.29, 0.717) is 12.5 Å². The van der Waals surface area contributed by atoms with E-state index in [4.69, 9.17) is 5.73 Å². The van der Waals surface area contributed by atoms with Gasteiger partial charge >= 0.3 is 0 Å². The van der Waals surface area contributed by atoms with Crippen LogP contribution in [0.2, 0.25) is 0 Å². The lowest BCUT2D eigenvalue weighted by Crippen LogP contribution is -1.97. The molecule has 0 fully saturated rings. The predicted octanol–water partition coefficient (Wildman–Crippen LogP) is 3.16. The summed E-state index contributed by atoms with van der Waals surface area (Å²) in [4.78, 5) is 7.84. The standard InChI is InChI=1S/C13H15BrN4/c1-7(2)8-3-4-11-9(5-8)16-13-17-10(6-15)12(14)18(11)13/h3-5,7H,6,15H2,1-2H3,(H,16,17). The van der Waals surface area contributed by atoms with Crippen LogP contribution in [0.4, 0.5) is 0 Å². The Hall–Kier alpha value is -1.33. The quantitative estimate of drug-likeness (QED) is 0.764. The Morgan fingerprint density at radius 2 is 2.22 bits per heavy atom. The molecule has 0 amide bonds. The number of imidazole rings is 2. The van der Waals surface area contributed by atoms with E-state index in [2.05, 4.69) is 62.3 Å². The molecule has 0 bridgehead atoms. The number of H-pyrrole nitrogens is 1. The maximum Gasteiger partial charge on any atom is 0.213 e. The van der Waals surface area contributed by atoms with E-state index in [1.165, 1.54) is 5.56 Å². The van der Waals surface area contributed by atoms with E-state index >= 15 is 0 Å². The summed E-state index contributed by atoms with van der Waals surface area (Å²) in [7, 11) is 0. The number of benzene rings is 1. The van der Waals surface area contributed by atoms with E-state index in [9.17, 15) is 0 Å². The molecule has 1 aromatic carbocycles. The summed E-state index contributed by atoms with van der Waals surface area (Å²) in [5.74, 6) is 1.34. The highest BCUT2D eigenvalue weighted by Crippen LogP contribution is 2.27. The minimum atomic E-state index is 0.468. The van der Waals surface area contributed by atoms with Crippen LogP contribution in [0.1, 0.15) is 31.0 Å². The number of halogens is 1. The van der Waals surface area contributed by atoms with E-state index < -0.39 is 0 Å². The maximum atomic E-state index is 5.68. The van der Waals surface area contributed by atoms with Crippen LogP contribution in [0.5, 0.6) is 0 Å². The third-order valence-corrected chi connectivity index (χ3v) is 4.09. The van der Waals surface area contributed by atoms with Gasteiger partial charge in [0.15, 0.2) is 0 Å². The Morgan fingerprint density at radius 1 is 1.44 bits per heavy atom. The lowest BCUT2D eigenvalue weighted by Gasteiger charge is -2.04. The molecule has 3 N–H and O–H groups in total. The second kappa shape index (κ2) is 4.10. The summed E-state index contributed by atoms with van der Waals surface area (Å²) in [6.45, 7) is 4.84. The van der Waals surface area contributed by atoms with Gasteiger partial charge in [0.05, 0.1) is 16.7 Å². The van der Waals surface area contributed by atoms with Crippen LogP contribution < -0.4 is 5.73 Å². The summed E-state index contributed by atoms with van der Waals surface area (Å²) < 4.78 is 3.02. The lowest BCUT2D eigenvalue weighted by atomic mass is 10.0. The number of nitrogens with one attached hydrogen (secondary N) is 1. The number of fused-ring (bicyclic) bond motifs is 3. The number of nitrogens with zero attached hydrogens (tertiary/aromatic N) is 2. The zero-order chi connectivity index (χ0) is 12.9. The molecule has 2 heterocycles. The Bertz CT molecular complexity index is 723. The summed E-state index contributed by atoms with van der Waals surface area (Å²) >= 11 is 3.57. The molecule has 0 aliphatic heterocycles. The number of hydrogen-bond donors (Lipinski definition) is 2. The second-order valence-electron chi connectivity index (χ2n) is 4.77. The van der Waals surface area contributed by atoms with E-state index in [1.54, 1.807) is 0 Å². The van der Waals surface area contributed by atoms with Gasteiger partial charge in [0.25, 0.3) is 0 Å². The monoisotopic (exact) mass is 306 g/mol. The molecule has 0 radical (unpaired) electrons. The SMILES string of the molecule is CC(C)c1ccc2c(c1)nc1[nH]c(CN)c(Br)n12. The molecule has 2 aromatic heterocycles. The van der Waals surface area contributed by atoms with E-state index in [1.807, 2.05) is 0 Å². The topological polar surface area (TPSA) is 59.1 Å². The third kappa shape index (κ3) is 1.58. The van der Waals surface area contributed by atoms with Gasteiger partial charge in [0.2, 0.25) is 5.78 Å². The number of rotatable bonds is 2. The predicted molar refractivity (Wildman–Crippen MR) is 76.7 cm³/mol. The molecular weight excluding hydrogens is 292 g/mol. The van der Waals surface area contributed by atoms with Crippen LogP contribution >= 0.6 is 15.9 Å². The van der Waals surface area contributed by atoms with Crippen molar-refractivity contribution in [2.24, 2.45) is 5.73 Å². The van der Waals surface area contributed by atoms with Crippen LogP contribution in [0.3, 0.4) is 0 Å². The molecular formula is C13H15BrN4. The van der Waals surface area contributed by atoms with E-state index in [0.717, 1.165) is 27.1 Å². The molecule has 18 heavy (non-hydrogen) atoms. The first-order valence-electron chi connectivity index (χ1n) is 6.00. The van der Waals surface area contributed by atoms with Gasteiger partial charge in [-0.1, -0.05) is 19.9 Å². The molecule has 3 rings (SSSR count). The van der Waals surface area contributed by atoms with Crippen LogP contribution in [0.25, 0.3) is 16.8 Å². The van der Waals surface area contributed by atoms with Crippen molar-refractivity contribution in [3.8, 4) is 0 Å². The normalized spacial score (nSPS) is 12.1. The first kappa shape index (κ1) is 11.7. The average molecular weight is 307 g/mol. The molecule has 5 heteroatoms. The van der Waals surface area contributed by atoms with Crippen molar-refractivity contribution in [3.63, 3.8) is 0 Å². The van der Waals surface area contributed by atoms with Gasteiger partial charge in [0, 0.05) is 6.54 Å². The summed E-state index contributed by atoms with van der Waals surface area (Å²) in [5.41, 5.74) is 10.1. The van der Waals surface area contributed by atoms with Crippen LogP contribution in [-0.4, -0.2) is 14.4 Å². The molecule has 3 aromatic rings. The lowest BCUT2D eigenvalue weighted by molar-refractivity contribution is 0.868. The maximum absolute atomic E-state index is 5.68. The molecule has 4 nitrogen and oxygen atoms in total. The van der Waals surface area contributed by atoms with Crippen molar-refractivity contribution in [1.82, 2.24) is 14.4 Å². The highest BCUT2D eigenvalue weighted by molar-refractivity contribution is 9.10. The van der Waals surface area contributed by atoms with Crippen LogP contribution in [0.15, 0.2) is 22.8 Å². The molecule has 0 saturated heterocycles. The van der Waals surface area contributed by atoms with Crippen molar-refractivity contribution in [3.05, 3.63) is 34.1 Å². The van der Waals surface area contributed by atoms with Gasteiger partial charge in [-0.25, -0.2) is 4.98 Å². The van der Waals surface area contributed by atoms with Crippen molar-refractivity contribution in [2.45, 2.75) is 26.3 Å². The minimum absolute atomic E-state index is 0.468. The molecule has 0 saturated carbocycles. The van der Waals surface area contributed by atoms with Gasteiger partial charge in [0.1, 0.15) is 4.60 Å². The Morgan fingerprint density at radius 3 is 2.89 bits per heavy atom. The molecule has 0 atom stereocenters. The summed E-state index contributed by atoms with van der Waals surface area (Å²) in [5, 5.41) is 0. The van der Waals surface area contributed by atoms with Crippen LogP contribution in [0, 0.1) is 0 Å². The van der Waals surface area contributed by atoms with Gasteiger partial charge in [-0.2, -0.15) is 0 Å². The fourth-order valence-corrected chi connectivity index (χ4v) is 2.82. The highest BCUT2D eigenvalue weighted by atomic mass is 79.9. The zero-order valence-electron chi connectivity index (χ0n) is 10.4. The minimum Gasteiger partial charge on any atom is -0.325 e. The Kier molecular flexibility index (Phi) is 2.68. The van der Waals surface area contributed by atoms with Crippen molar-refractivity contribution in [1.29, 1.82) is 0 Å². The fraction of sp³-hybridized carbons (Fsp3) is 0.308. The van der Waals surface area contributed by atoms with Crippen molar-refractivity contribution in [2.75, 3.05) is 0 Å². The van der Waals surface area contributed by atoms with Gasteiger partial charge in [-0.15, -0.1) is 0 Å². The fourth-order valence-electron chi connectivity index (χ4n) is 2.20. The Balaban J connectivity index is 2.32. The van der Waals surface area contributed by atoms with E-state index in [-0.39, 0.29) is 0 Å². The summed E-state index contributed by atoms with van der Waals surface area (Å²) in [6, 6.07) is 6.42. The summed E-state index contributed by atoms with van der Waals surface area (Å²) in [6.07, 6.45) is 0. The average Bonchev–Trinajstić information content (AvgIpc) is 2.85. The van der Waals surface area contributed by atoms with Crippen molar-refractivity contribution >= 4 is 32.7 Å². The number of nitrogens with two attached hydrogens (primary N) is 1. The third-order valence-electron chi connectivity index (χ3n) is 3.26. The number of aromatic nitrogens is 3. The van der Waals surface area contributed by atoms with Gasteiger partial charge in [-0.3, -0.25) is 4.40 Å². The molecule has 0 spiro atoms. The number of hydrogen-bond acceptors (Lipinski definition) is 2. The first-order chi connectivity index (χ1) is 8.61. The van der Waals surface area contributed by atoms with Gasteiger partial charge < -0.3 is 10.7 Å². The largest absolute Gasteiger partial charge is 0.325 e. The highest BCUT2D eigenvalue weighted by Gasteiger charge is 2.13. The Labute approximate surface area is 113 Å².